The number of hydrogen-bond acceptors (Lipinski definition) is 6. The second kappa shape index (κ2) is 14.0. The minimum absolute atomic E-state index is 0.0722. The normalized spacial score (nSPS) is 20.3. The van der Waals surface area contributed by atoms with Crippen LogP contribution in [-0.2, 0) is 20.9 Å². The second-order valence-corrected chi connectivity index (χ2v) is 8.67. The first-order valence-electron chi connectivity index (χ1n) is 11.4. The molecule has 4 rings (SSSR count). The molecule has 0 radical (unpaired) electrons. The molecule has 3 atom stereocenters. The predicted molar refractivity (Wildman–Crippen MR) is 122 cm³/mol. The Morgan fingerprint density at radius 2 is 1.45 bits per heavy atom. The minimum atomic E-state index is -5.08. The molecular weight excluding hydrogens is 559 g/mol. The van der Waals surface area contributed by atoms with E-state index in [-0.39, 0.29) is 17.8 Å². The number of carboxylic acids is 2. The zero-order valence-corrected chi connectivity index (χ0v) is 20.5. The molecule has 40 heavy (non-hydrogen) atoms. The van der Waals surface area contributed by atoms with Crippen molar-refractivity contribution in [2.24, 2.45) is 11.8 Å². The Morgan fingerprint density at radius 3 is 1.95 bits per heavy atom. The SMILES string of the molecule is O=C(NC[C@@H]1CO[C@@H]2CN(Cc3ccc(F)cc3)C[C@H]12)c1ccncc1.O=C(O)C(F)(F)F.O=C(O)C(F)(F)F. The molecule has 3 heterocycles. The van der Waals surface area contributed by atoms with E-state index < -0.39 is 24.3 Å². The Hall–Kier alpha value is -3.79. The lowest BCUT2D eigenvalue weighted by molar-refractivity contribution is -0.193. The van der Waals surface area contributed by atoms with Gasteiger partial charge in [0.2, 0.25) is 0 Å². The number of ether oxygens (including phenoxy) is 1. The summed E-state index contributed by atoms with van der Waals surface area (Å²) in [5.74, 6) is -5.05. The van der Waals surface area contributed by atoms with Crippen LogP contribution in [0.3, 0.4) is 0 Å². The van der Waals surface area contributed by atoms with Gasteiger partial charge in [0.1, 0.15) is 5.82 Å². The number of pyridine rings is 1. The van der Waals surface area contributed by atoms with Gasteiger partial charge in [0.15, 0.2) is 0 Å². The lowest BCUT2D eigenvalue weighted by Gasteiger charge is -2.20. The summed E-state index contributed by atoms with van der Waals surface area (Å²) in [6.45, 7) is 3.93. The maximum Gasteiger partial charge on any atom is 0.490 e. The van der Waals surface area contributed by atoms with Crippen molar-refractivity contribution in [1.82, 2.24) is 15.2 Å². The van der Waals surface area contributed by atoms with Crippen molar-refractivity contribution >= 4 is 17.8 Å². The van der Waals surface area contributed by atoms with Gasteiger partial charge in [-0.05, 0) is 29.8 Å². The number of carbonyl (C=O) groups is 3. The molecule has 2 aromatic rings. The van der Waals surface area contributed by atoms with E-state index in [0.717, 1.165) is 25.2 Å². The van der Waals surface area contributed by atoms with Gasteiger partial charge in [-0.25, -0.2) is 14.0 Å². The van der Waals surface area contributed by atoms with Crippen LogP contribution in [0.4, 0.5) is 30.7 Å². The molecule has 3 N–H and O–H groups in total. The molecule has 2 aliphatic heterocycles. The van der Waals surface area contributed by atoms with Gasteiger partial charge in [0.25, 0.3) is 5.91 Å². The van der Waals surface area contributed by atoms with E-state index in [1.54, 1.807) is 24.5 Å². The Bertz CT molecular complexity index is 1110. The standard InChI is InChI=1S/C20H22FN3O2.2C2HF3O2/c21-17-3-1-14(2-4-17)10-24-11-18-16(13-26-19(18)12-24)9-23-20(25)15-5-7-22-8-6-15;2*3-2(4,5)1(6)7/h1-8,16,18-19H,9-13H2,(H,23,25);2*(H,6,7)/t16-,18-,19-;;/m1../s1. The number of nitrogens with zero attached hydrogens (tertiary/aromatic N) is 2. The number of amides is 1. The number of fused-ring (bicyclic) bond motifs is 1. The third-order valence-corrected chi connectivity index (χ3v) is 5.79. The molecule has 2 saturated heterocycles. The molecule has 0 aliphatic carbocycles. The van der Waals surface area contributed by atoms with E-state index in [4.69, 9.17) is 24.5 Å². The number of aliphatic carboxylic acids is 2. The monoisotopic (exact) mass is 583 g/mol. The number of aromatic nitrogens is 1. The van der Waals surface area contributed by atoms with Gasteiger partial charge in [0, 0.05) is 56.0 Å². The zero-order valence-electron chi connectivity index (χ0n) is 20.5. The first kappa shape index (κ1) is 32.4. The number of likely N-dealkylation sites (tertiary alicyclic amines) is 1. The summed E-state index contributed by atoms with van der Waals surface area (Å²) in [6.07, 6.45) is -6.71. The molecule has 9 nitrogen and oxygen atoms in total. The number of halogens is 7. The minimum Gasteiger partial charge on any atom is -0.475 e. The maximum atomic E-state index is 13.0. The average Bonchev–Trinajstić information content (AvgIpc) is 3.44. The van der Waals surface area contributed by atoms with Crippen LogP contribution in [0.5, 0.6) is 0 Å². The van der Waals surface area contributed by atoms with Crippen molar-refractivity contribution in [3.05, 3.63) is 65.7 Å². The van der Waals surface area contributed by atoms with Crippen LogP contribution in [0.25, 0.3) is 0 Å². The van der Waals surface area contributed by atoms with E-state index in [1.807, 2.05) is 12.1 Å². The van der Waals surface area contributed by atoms with Gasteiger partial charge in [-0.3, -0.25) is 14.7 Å². The van der Waals surface area contributed by atoms with Crippen molar-refractivity contribution < 1.29 is 60.1 Å². The topological polar surface area (TPSA) is 129 Å². The van der Waals surface area contributed by atoms with Crippen LogP contribution in [0.1, 0.15) is 15.9 Å². The summed E-state index contributed by atoms with van der Waals surface area (Å²) in [5, 5.41) is 17.3. The quantitative estimate of drug-likeness (QED) is 0.458. The Labute approximate surface area is 222 Å². The Morgan fingerprint density at radius 1 is 0.925 bits per heavy atom. The second-order valence-electron chi connectivity index (χ2n) is 8.67. The molecule has 16 heteroatoms. The predicted octanol–water partition coefficient (Wildman–Crippen LogP) is 3.36. The average molecular weight is 583 g/mol. The van der Waals surface area contributed by atoms with E-state index in [0.29, 0.717) is 30.6 Å². The van der Waals surface area contributed by atoms with E-state index >= 15 is 0 Å². The van der Waals surface area contributed by atoms with Crippen LogP contribution in [0.2, 0.25) is 0 Å². The lowest BCUT2D eigenvalue weighted by Crippen LogP contribution is -2.34. The first-order chi connectivity index (χ1) is 18.6. The van der Waals surface area contributed by atoms with Gasteiger partial charge in [-0.15, -0.1) is 0 Å². The number of benzene rings is 1. The zero-order chi connectivity index (χ0) is 30.1. The fourth-order valence-electron chi connectivity index (χ4n) is 3.90. The Balaban J connectivity index is 0.000000333. The fraction of sp³-hybridized carbons (Fsp3) is 0.417. The van der Waals surface area contributed by atoms with Gasteiger partial charge in [-0.2, -0.15) is 26.3 Å². The Kier molecular flexibility index (Phi) is 11.4. The molecule has 220 valence electrons. The molecule has 0 spiro atoms. The molecule has 0 saturated carbocycles. The number of nitrogens with one attached hydrogen (secondary N) is 1. The maximum absolute atomic E-state index is 13.0. The van der Waals surface area contributed by atoms with Crippen molar-refractivity contribution in [2.75, 3.05) is 26.2 Å². The molecular formula is C24H24F7N3O6. The molecule has 0 unspecified atom stereocenters. The molecule has 1 amide bonds. The van der Waals surface area contributed by atoms with Crippen LogP contribution in [0, 0.1) is 17.7 Å². The summed E-state index contributed by atoms with van der Waals surface area (Å²) >= 11 is 0. The van der Waals surface area contributed by atoms with Crippen molar-refractivity contribution in [2.45, 2.75) is 25.0 Å². The summed E-state index contributed by atoms with van der Waals surface area (Å²) in [5.41, 5.74) is 1.73. The van der Waals surface area contributed by atoms with E-state index in [9.17, 15) is 35.5 Å². The number of hydrogen-bond donors (Lipinski definition) is 3. The number of carbonyl (C=O) groups excluding carboxylic acids is 1. The van der Waals surface area contributed by atoms with Crippen molar-refractivity contribution in [1.29, 1.82) is 0 Å². The third kappa shape index (κ3) is 10.4. The lowest BCUT2D eigenvalue weighted by atomic mass is 9.93. The summed E-state index contributed by atoms with van der Waals surface area (Å²) in [7, 11) is 0. The highest BCUT2D eigenvalue weighted by Crippen LogP contribution is 2.34. The molecule has 2 aliphatic rings. The first-order valence-corrected chi connectivity index (χ1v) is 11.4. The molecule has 1 aromatic carbocycles. The highest BCUT2D eigenvalue weighted by molar-refractivity contribution is 5.93. The van der Waals surface area contributed by atoms with Gasteiger partial charge in [0.05, 0.1) is 12.7 Å². The highest BCUT2D eigenvalue weighted by atomic mass is 19.4. The summed E-state index contributed by atoms with van der Waals surface area (Å²) in [6, 6.07) is 10.1. The largest absolute Gasteiger partial charge is 0.490 e. The van der Waals surface area contributed by atoms with Crippen LogP contribution >= 0.6 is 0 Å². The smallest absolute Gasteiger partial charge is 0.475 e. The third-order valence-electron chi connectivity index (χ3n) is 5.79. The van der Waals surface area contributed by atoms with Crippen LogP contribution < -0.4 is 5.32 Å². The van der Waals surface area contributed by atoms with E-state index in [1.165, 1.54) is 12.1 Å². The molecule has 2 fully saturated rings. The van der Waals surface area contributed by atoms with E-state index in [2.05, 4.69) is 15.2 Å². The fourth-order valence-corrected chi connectivity index (χ4v) is 3.90. The number of carboxylic acid groups (broad SMARTS) is 2. The van der Waals surface area contributed by atoms with Crippen molar-refractivity contribution in [3.63, 3.8) is 0 Å². The van der Waals surface area contributed by atoms with Crippen LogP contribution in [-0.4, -0.2) is 82.6 Å². The van der Waals surface area contributed by atoms with Crippen molar-refractivity contribution in [3.8, 4) is 0 Å². The van der Waals surface area contributed by atoms with Gasteiger partial charge >= 0.3 is 24.3 Å². The van der Waals surface area contributed by atoms with Gasteiger partial charge < -0.3 is 20.3 Å². The number of rotatable bonds is 5. The molecule has 0 bridgehead atoms. The highest BCUT2D eigenvalue weighted by Gasteiger charge is 2.43. The summed E-state index contributed by atoms with van der Waals surface area (Å²) < 4.78 is 82.5. The summed E-state index contributed by atoms with van der Waals surface area (Å²) in [4.78, 5) is 36.3. The number of alkyl halides is 6. The molecule has 1 aromatic heterocycles. The van der Waals surface area contributed by atoms with Gasteiger partial charge in [-0.1, -0.05) is 12.1 Å². The van der Waals surface area contributed by atoms with Crippen LogP contribution in [0.15, 0.2) is 48.8 Å².